The molecular formula is C12H13NO4S. The van der Waals surface area contributed by atoms with Gasteiger partial charge in [-0.05, 0) is 18.4 Å². The maximum Gasteiger partial charge on any atom is 0.373 e. The molecule has 0 aliphatic carbocycles. The van der Waals surface area contributed by atoms with Gasteiger partial charge in [0.15, 0.2) is 0 Å². The van der Waals surface area contributed by atoms with Crippen molar-refractivity contribution in [2.75, 3.05) is 0 Å². The van der Waals surface area contributed by atoms with Gasteiger partial charge in [0.2, 0.25) is 0 Å². The van der Waals surface area contributed by atoms with Gasteiger partial charge in [-0.1, -0.05) is 20.3 Å². The molecule has 0 saturated heterocycles. The molecule has 0 fully saturated rings. The normalized spacial score (nSPS) is 7.39. The summed E-state index contributed by atoms with van der Waals surface area (Å²) < 4.78 is 0. The zero-order valence-corrected chi connectivity index (χ0v) is 11.0. The van der Waals surface area contributed by atoms with Crippen LogP contribution in [-0.4, -0.2) is 12.3 Å². The molecule has 0 radical (unpaired) electrons. The van der Waals surface area contributed by atoms with Crippen LogP contribution in [0.5, 0.6) is 0 Å². The molecule has 0 spiro atoms. The summed E-state index contributed by atoms with van der Waals surface area (Å²) in [5.41, 5.74) is 2.17. The van der Waals surface area contributed by atoms with E-state index in [9.17, 15) is 0 Å². The van der Waals surface area contributed by atoms with Crippen molar-refractivity contribution in [2.45, 2.75) is 33.1 Å². The Morgan fingerprint density at radius 2 is 1.67 bits per heavy atom. The van der Waals surface area contributed by atoms with Crippen LogP contribution >= 0.6 is 11.3 Å². The highest BCUT2D eigenvalue weighted by Crippen LogP contribution is 2.23. The number of thiophene rings is 1. The lowest BCUT2D eigenvalue weighted by Gasteiger charge is -1.98. The number of carbonyl (C=O) groups excluding carboxylic acids is 4. The zero-order valence-electron chi connectivity index (χ0n) is 10.2. The first-order valence-corrected chi connectivity index (χ1v) is 6.02. The highest BCUT2D eigenvalue weighted by atomic mass is 32.1. The van der Waals surface area contributed by atoms with Gasteiger partial charge < -0.3 is 0 Å². The van der Waals surface area contributed by atoms with Crippen molar-refractivity contribution in [3.63, 3.8) is 0 Å². The second-order valence-electron chi connectivity index (χ2n) is 2.93. The Morgan fingerprint density at radius 3 is 2.00 bits per heavy atom. The van der Waals surface area contributed by atoms with Crippen molar-refractivity contribution < 1.29 is 19.2 Å². The van der Waals surface area contributed by atoms with E-state index in [0.29, 0.717) is 0 Å². The van der Waals surface area contributed by atoms with E-state index in [0.717, 1.165) is 24.8 Å². The topological polar surface area (TPSA) is 92.1 Å². The third kappa shape index (κ3) is 7.26. The van der Waals surface area contributed by atoms with E-state index in [1.165, 1.54) is 10.4 Å². The second-order valence-corrected chi connectivity index (χ2v) is 3.90. The molecule has 6 heteroatoms. The van der Waals surface area contributed by atoms with Gasteiger partial charge in [0, 0.05) is 10.3 Å². The van der Waals surface area contributed by atoms with Gasteiger partial charge in [-0.15, -0.1) is 11.3 Å². The Morgan fingerprint density at radius 1 is 1.17 bits per heavy atom. The van der Waals surface area contributed by atoms with E-state index in [1.807, 2.05) is 5.38 Å². The maximum absolute atomic E-state index is 8.81. The number of hydrogen-bond acceptors (Lipinski definition) is 6. The molecule has 0 unspecified atom stereocenters. The van der Waals surface area contributed by atoms with E-state index in [2.05, 4.69) is 19.9 Å². The van der Waals surface area contributed by atoms with E-state index in [1.54, 1.807) is 11.3 Å². The quantitative estimate of drug-likeness (QED) is 0.834. The highest BCUT2D eigenvalue weighted by Gasteiger charge is 2.08. The molecule has 0 bridgehead atoms. The van der Waals surface area contributed by atoms with E-state index in [4.69, 9.17) is 24.4 Å². The van der Waals surface area contributed by atoms with Crippen LogP contribution in [0, 0.1) is 11.3 Å². The van der Waals surface area contributed by atoms with Crippen molar-refractivity contribution in [3.8, 4) is 6.07 Å². The third-order valence-corrected chi connectivity index (χ3v) is 3.10. The standard InChI is InChI=1S/C10H13NS.2CO2/c1-3-5-9-8(6-11)7-12-10(9)4-2;2*2-1-3/h7H,3-5H2,1-2H3;;. The Hall–Kier alpha value is -2.05. The molecule has 0 aliphatic heterocycles. The van der Waals surface area contributed by atoms with Crippen molar-refractivity contribution >= 4 is 23.6 Å². The van der Waals surface area contributed by atoms with Crippen LogP contribution in [0.4, 0.5) is 0 Å². The Bertz CT molecular complexity index is 435. The fourth-order valence-electron chi connectivity index (χ4n) is 1.34. The lowest BCUT2D eigenvalue weighted by Crippen LogP contribution is -1.88. The number of hydrogen-bond donors (Lipinski definition) is 0. The largest absolute Gasteiger partial charge is 0.373 e. The van der Waals surface area contributed by atoms with Crippen molar-refractivity contribution in [1.29, 1.82) is 5.26 Å². The predicted molar refractivity (Wildman–Crippen MR) is 62.4 cm³/mol. The van der Waals surface area contributed by atoms with Crippen LogP contribution < -0.4 is 0 Å². The summed E-state index contributed by atoms with van der Waals surface area (Å²) in [4.78, 5) is 33.9. The highest BCUT2D eigenvalue weighted by molar-refractivity contribution is 7.10. The van der Waals surface area contributed by atoms with Crippen LogP contribution in [0.2, 0.25) is 0 Å². The van der Waals surface area contributed by atoms with Crippen LogP contribution in [0.25, 0.3) is 0 Å². The summed E-state index contributed by atoms with van der Waals surface area (Å²) in [6, 6.07) is 2.25. The van der Waals surface area contributed by atoms with Crippen molar-refractivity contribution in [2.24, 2.45) is 0 Å². The molecular weight excluding hydrogens is 254 g/mol. The molecule has 0 aliphatic rings. The van der Waals surface area contributed by atoms with Gasteiger partial charge in [-0.2, -0.15) is 24.4 Å². The number of aryl methyl sites for hydroxylation is 1. The summed E-state index contributed by atoms with van der Waals surface area (Å²) >= 11 is 1.72. The average Bonchev–Trinajstić information content (AvgIpc) is 2.74. The van der Waals surface area contributed by atoms with E-state index in [-0.39, 0.29) is 12.3 Å². The molecule has 18 heavy (non-hydrogen) atoms. The fraction of sp³-hybridized carbons (Fsp3) is 0.417. The van der Waals surface area contributed by atoms with Gasteiger partial charge in [-0.25, -0.2) is 0 Å². The SMILES string of the molecule is CCCc1c(C#N)csc1CC.O=C=O.O=C=O. The molecule has 1 heterocycles. The Kier molecular flexibility index (Phi) is 13.2. The van der Waals surface area contributed by atoms with Gasteiger partial charge in [0.25, 0.3) is 0 Å². The predicted octanol–water partition coefficient (Wildman–Crippen LogP) is 1.97. The number of nitrogens with zero attached hydrogens (tertiary/aromatic N) is 1. The lowest BCUT2D eigenvalue weighted by molar-refractivity contribution is -0.193. The van der Waals surface area contributed by atoms with E-state index < -0.39 is 0 Å². The summed E-state index contributed by atoms with van der Waals surface area (Å²) in [7, 11) is 0. The molecule has 5 nitrogen and oxygen atoms in total. The molecule has 1 rings (SSSR count). The first-order valence-electron chi connectivity index (χ1n) is 5.14. The molecule has 1 aromatic heterocycles. The minimum absolute atomic E-state index is 0.250. The van der Waals surface area contributed by atoms with Crippen LogP contribution in [0.15, 0.2) is 5.38 Å². The zero-order chi connectivity index (χ0) is 14.4. The average molecular weight is 267 g/mol. The first kappa shape index (κ1) is 18.3. The minimum Gasteiger partial charge on any atom is -0.192 e. The van der Waals surface area contributed by atoms with Crippen molar-refractivity contribution in [3.05, 3.63) is 21.4 Å². The Balaban J connectivity index is 0. The molecule has 0 amide bonds. The molecule has 0 saturated carbocycles. The smallest absolute Gasteiger partial charge is 0.192 e. The molecule has 96 valence electrons. The lowest BCUT2D eigenvalue weighted by atomic mass is 10.1. The summed E-state index contributed by atoms with van der Waals surface area (Å²) in [5.74, 6) is 0. The number of rotatable bonds is 3. The Labute approximate surface area is 109 Å². The molecule has 0 aromatic carbocycles. The molecule has 0 N–H and O–H groups in total. The third-order valence-electron chi connectivity index (χ3n) is 1.92. The summed E-state index contributed by atoms with van der Waals surface area (Å²) in [5, 5.41) is 10.8. The summed E-state index contributed by atoms with van der Waals surface area (Å²) in [6.45, 7) is 4.30. The first-order chi connectivity index (χ1) is 8.66. The monoisotopic (exact) mass is 267 g/mol. The maximum atomic E-state index is 8.81. The van der Waals surface area contributed by atoms with Crippen LogP contribution in [-0.2, 0) is 32.0 Å². The summed E-state index contributed by atoms with van der Waals surface area (Å²) in [6.07, 6.45) is 3.73. The molecule has 0 atom stereocenters. The van der Waals surface area contributed by atoms with Gasteiger partial charge in [0.05, 0.1) is 5.56 Å². The molecule has 1 aromatic rings. The van der Waals surface area contributed by atoms with Gasteiger partial charge in [0.1, 0.15) is 6.07 Å². The second kappa shape index (κ2) is 13.0. The van der Waals surface area contributed by atoms with Gasteiger partial charge in [-0.3, -0.25) is 0 Å². The van der Waals surface area contributed by atoms with Crippen molar-refractivity contribution in [1.82, 2.24) is 0 Å². The van der Waals surface area contributed by atoms with Crippen LogP contribution in [0.3, 0.4) is 0 Å². The number of nitriles is 1. The van der Waals surface area contributed by atoms with Crippen LogP contribution in [0.1, 0.15) is 36.3 Å². The minimum atomic E-state index is 0.250. The fourth-order valence-corrected chi connectivity index (χ4v) is 2.31. The van der Waals surface area contributed by atoms with E-state index >= 15 is 0 Å². The van der Waals surface area contributed by atoms with Gasteiger partial charge >= 0.3 is 12.3 Å².